The Bertz CT molecular complexity index is 1360. The molecule has 0 aliphatic carbocycles. The summed E-state index contributed by atoms with van der Waals surface area (Å²) in [5.41, 5.74) is 7.35. The van der Waals surface area contributed by atoms with Gasteiger partial charge in [-0.3, -0.25) is 19.0 Å². The van der Waals surface area contributed by atoms with Gasteiger partial charge in [-0.25, -0.2) is 4.98 Å². The zero-order chi connectivity index (χ0) is 24.4. The van der Waals surface area contributed by atoms with E-state index in [9.17, 15) is 19.6 Å². The molecular weight excluding hydrogens is 456 g/mol. The molecule has 2 atom stereocenters. The number of benzene rings is 1. The summed E-state index contributed by atoms with van der Waals surface area (Å²) in [6.07, 6.45) is 1.74. The van der Waals surface area contributed by atoms with Crippen LogP contribution in [0.1, 0.15) is 40.6 Å². The molecule has 0 saturated carbocycles. The number of hydrogen-bond donors (Lipinski definition) is 3. The van der Waals surface area contributed by atoms with Crippen LogP contribution < -0.4 is 21.5 Å². The monoisotopic (exact) mass is 480 g/mol. The van der Waals surface area contributed by atoms with E-state index in [-0.39, 0.29) is 27.7 Å². The highest BCUT2D eigenvalue weighted by Gasteiger charge is 2.25. The van der Waals surface area contributed by atoms with E-state index in [1.165, 1.54) is 17.6 Å². The number of carbonyl (C=O) groups excluding carboxylic acids is 1. The average Bonchev–Trinajstić information content (AvgIpc) is 3.25. The van der Waals surface area contributed by atoms with E-state index in [0.29, 0.717) is 35.7 Å². The number of carboxylic acid groups (broad SMARTS) is 1. The van der Waals surface area contributed by atoms with Gasteiger partial charge in [0.15, 0.2) is 0 Å². The van der Waals surface area contributed by atoms with Gasteiger partial charge in [0.25, 0.3) is 11.5 Å². The molecule has 3 aromatic rings. The standard InChI is InChI=1S/C23H24N6O4S/c1-13(22(32)33)26-20(30)18-9-17-19(34-18)21(31)29(11-15-6-3-2-5-14(15)10-24)23(27-17)28-8-4-7-16(25)12-28/h2-3,5-6,9,13,16H,4,7-8,11-12,25H2,1H3,(H,26,30)(H,32,33)/t13-,16?/m1/s1. The predicted molar refractivity (Wildman–Crippen MR) is 128 cm³/mol. The van der Waals surface area contributed by atoms with Gasteiger partial charge >= 0.3 is 5.97 Å². The van der Waals surface area contributed by atoms with Gasteiger partial charge in [0.2, 0.25) is 5.95 Å². The number of carbonyl (C=O) groups is 2. The highest BCUT2D eigenvalue weighted by molar-refractivity contribution is 7.20. The minimum absolute atomic E-state index is 0.0532. The summed E-state index contributed by atoms with van der Waals surface area (Å²) in [4.78, 5) is 44.2. The first-order valence-electron chi connectivity index (χ1n) is 10.8. The number of amides is 1. The van der Waals surface area contributed by atoms with E-state index >= 15 is 0 Å². The number of hydrogen-bond acceptors (Lipinski definition) is 8. The highest BCUT2D eigenvalue weighted by Crippen LogP contribution is 2.26. The number of aliphatic carboxylic acids is 1. The van der Waals surface area contributed by atoms with Gasteiger partial charge in [-0.2, -0.15) is 5.26 Å². The van der Waals surface area contributed by atoms with Gasteiger partial charge in [0.05, 0.1) is 28.6 Å². The van der Waals surface area contributed by atoms with Gasteiger partial charge in [-0.1, -0.05) is 18.2 Å². The Morgan fingerprint density at radius 1 is 1.41 bits per heavy atom. The maximum atomic E-state index is 13.6. The fourth-order valence-corrected chi connectivity index (χ4v) is 4.90. The third-order valence-electron chi connectivity index (χ3n) is 5.76. The zero-order valence-electron chi connectivity index (χ0n) is 18.5. The van der Waals surface area contributed by atoms with Crippen molar-refractivity contribution in [2.45, 2.75) is 38.4 Å². The van der Waals surface area contributed by atoms with Crippen LogP contribution in [0.2, 0.25) is 0 Å². The maximum Gasteiger partial charge on any atom is 0.325 e. The van der Waals surface area contributed by atoms with Gasteiger partial charge < -0.3 is 21.1 Å². The van der Waals surface area contributed by atoms with Crippen LogP contribution in [0.25, 0.3) is 10.2 Å². The lowest BCUT2D eigenvalue weighted by atomic mass is 10.1. The van der Waals surface area contributed by atoms with Gasteiger partial charge in [0.1, 0.15) is 10.7 Å². The first-order valence-corrected chi connectivity index (χ1v) is 11.7. The molecule has 2 aromatic heterocycles. The summed E-state index contributed by atoms with van der Waals surface area (Å²) in [5, 5.41) is 21.0. The van der Waals surface area contributed by atoms with Gasteiger partial charge in [0, 0.05) is 19.1 Å². The van der Waals surface area contributed by atoms with E-state index in [4.69, 9.17) is 15.8 Å². The second-order valence-electron chi connectivity index (χ2n) is 8.28. The van der Waals surface area contributed by atoms with Crippen LogP contribution in [-0.4, -0.2) is 51.7 Å². The van der Waals surface area contributed by atoms with Crippen LogP contribution in [-0.2, 0) is 11.3 Å². The van der Waals surface area contributed by atoms with Crippen LogP contribution in [0.5, 0.6) is 0 Å². The van der Waals surface area contributed by atoms with E-state index < -0.39 is 17.9 Å². The second kappa shape index (κ2) is 9.62. The Kier molecular flexibility index (Phi) is 6.63. The van der Waals surface area contributed by atoms with Crippen LogP contribution in [0, 0.1) is 11.3 Å². The Balaban J connectivity index is 1.82. The first-order chi connectivity index (χ1) is 16.3. The van der Waals surface area contributed by atoms with Crippen molar-refractivity contribution in [3.05, 3.63) is 56.7 Å². The molecule has 1 amide bonds. The summed E-state index contributed by atoms with van der Waals surface area (Å²) in [6.45, 7) is 2.72. The highest BCUT2D eigenvalue weighted by atomic mass is 32.1. The molecule has 11 heteroatoms. The Morgan fingerprint density at radius 2 is 2.18 bits per heavy atom. The van der Waals surface area contributed by atoms with E-state index in [1.807, 2.05) is 4.90 Å². The van der Waals surface area contributed by atoms with E-state index in [2.05, 4.69) is 11.4 Å². The molecule has 0 bridgehead atoms. The lowest BCUT2D eigenvalue weighted by molar-refractivity contribution is -0.138. The molecule has 4 rings (SSSR count). The van der Waals surface area contributed by atoms with Crippen molar-refractivity contribution < 1.29 is 14.7 Å². The molecule has 1 fully saturated rings. The van der Waals surface area contributed by atoms with Crippen LogP contribution in [0.15, 0.2) is 35.1 Å². The fraction of sp³-hybridized carbons (Fsp3) is 0.348. The molecule has 1 aliphatic rings. The summed E-state index contributed by atoms with van der Waals surface area (Å²) in [6, 6.07) is 9.59. The quantitative estimate of drug-likeness (QED) is 0.480. The molecule has 34 heavy (non-hydrogen) atoms. The number of nitrogens with two attached hydrogens (primary N) is 1. The largest absolute Gasteiger partial charge is 0.480 e. The molecular formula is C23H24N6O4S. The molecule has 176 valence electrons. The Morgan fingerprint density at radius 3 is 2.88 bits per heavy atom. The van der Waals surface area contributed by atoms with Crippen molar-refractivity contribution in [3.63, 3.8) is 0 Å². The minimum atomic E-state index is -1.16. The van der Waals surface area contributed by atoms with Crippen molar-refractivity contribution in [1.29, 1.82) is 5.26 Å². The molecule has 1 aliphatic heterocycles. The van der Waals surface area contributed by atoms with E-state index in [1.54, 1.807) is 24.3 Å². The summed E-state index contributed by atoms with van der Waals surface area (Å²) < 4.78 is 1.81. The van der Waals surface area contributed by atoms with Crippen LogP contribution >= 0.6 is 11.3 Å². The predicted octanol–water partition coefficient (Wildman–Crippen LogP) is 1.51. The number of aromatic nitrogens is 2. The Hall–Kier alpha value is -3.75. The second-order valence-corrected chi connectivity index (χ2v) is 9.33. The number of rotatable bonds is 6. The number of carboxylic acids is 1. The van der Waals surface area contributed by atoms with Crippen molar-refractivity contribution in [1.82, 2.24) is 14.9 Å². The molecule has 4 N–H and O–H groups in total. The molecule has 0 spiro atoms. The number of fused-ring (bicyclic) bond motifs is 1. The summed E-state index contributed by atoms with van der Waals surface area (Å²) in [5.74, 6) is -1.31. The number of nitrogens with one attached hydrogen (secondary N) is 1. The molecule has 10 nitrogen and oxygen atoms in total. The van der Waals surface area contributed by atoms with Crippen molar-refractivity contribution in [2.75, 3.05) is 18.0 Å². The molecule has 1 unspecified atom stereocenters. The third-order valence-corrected chi connectivity index (χ3v) is 6.87. The Labute approximate surface area is 199 Å². The number of nitrogens with zero attached hydrogens (tertiary/aromatic N) is 4. The smallest absolute Gasteiger partial charge is 0.325 e. The normalized spacial score (nSPS) is 16.7. The fourth-order valence-electron chi connectivity index (χ4n) is 3.95. The van der Waals surface area contributed by atoms with Gasteiger partial charge in [-0.15, -0.1) is 11.3 Å². The van der Waals surface area contributed by atoms with Crippen LogP contribution in [0.3, 0.4) is 0 Å². The molecule has 1 aromatic carbocycles. The van der Waals surface area contributed by atoms with Crippen molar-refractivity contribution in [2.24, 2.45) is 5.73 Å². The molecule has 0 radical (unpaired) electrons. The molecule has 1 saturated heterocycles. The van der Waals surface area contributed by atoms with Gasteiger partial charge in [-0.05, 0) is 37.5 Å². The zero-order valence-corrected chi connectivity index (χ0v) is 19.3. The van der Waals surface area contributed by atoms with E-state index in [0.717, 1.165) is 24.2 Å². The average molecular weight is 481 g/mol. The minimum Gasteiger partial charge on any atom is -0.480 e. The lowest BCUT2D eigenvalue weighted by Crippen LogP contribution is -2.45. The number of anilines is 1. The topological polar surface area (TPSA) is 154 Å². The van der Waals surface area contributed by atoms with Crippen molar-refractivity contribution in [3.8, 4) is 6.07 Å². The lowest BCUT2D eigenvalue weighted by Gasteiger charge is -2.33. The number of piperidine rings is 1. The SMILES string of the molecule is C[C@@H](NC(=O)c1cc2nc(N3CCCC(N)C3)n(Cc3ccccc3C#N)c(=O)c2s1)C(=O)O. The summed E-state index contributed by atoms with van der Waals surface area (Å²) >= 11 is 0.967. The first kappa shape index (κ1) is 23.4. The van der Waals surface area contributed by atoms with Crippen LogP contribution in [0.4, 0.5) is 5.95 Å². The summed E-state index contributed by atoms with van der Waals surface area (Å²) in [7, 11) is 0. The number of nitriles is 1. The number of thiophene rings is 1. The van der Waals surface area contributed by atoms with Crippen molar-refractivity contribution >= 4 is 39.4 Å². The third kappa shape index (κ3) is 4.64. The molecule has 3 heterocycles. The maximum absolute atomic E-state index is 13.6.